The first-order valence-corrected chi connectivity index (χ1v) is 10.6. The first kappa shape index (κ1) is 20.8. The average molecular weight is 449 g/mol. The van der Waals surface area contributed by atoms with Gasteiger partial charge in [0.05, 0.1) is 10.7 Å². The van der Waals surface area contributed by atoms with Gasteiger partial charge in [-0.2, -0.15) is 0 Å². The largest absolute Gasteiger partial charge is 0.422 e. The van der Waals surface area contributed by atoms with Crippen LogP contribution in [0, 0.1) is 0 Å². The van der Waals surface area contributed by atoms with Gasteiger partial charge in [-0.25, -0.2) is 4.79 Å². The summed E-state index contributed by atoms with van der Waals surface area (Å²) in [5.41, 5.74) is 2.22. The lowest BCUT2D eigenvalue weighted by Gasteiger charge is -2.04. The van der Waals surface area contributed by atoms with Gasteiger partial charge in [-0.15, -0.1) is 11.3 Å². The van der Waals surface area contributed by atoms with E-state index in [9.17, 15) is 9.59 Å². The number of rotatable bonds is 5. The lowest BCUT2D eigenvalue weighted by molar-refractivity contribution is -0.114. The Morgan fingerprint density at radius 1 is 1.03 bits per heavy atom. The lowest BCUT2D eigenvalue weighted by Crippen LogP contribution is -2.07. The fourth-order valence-electron chi connectivity index (χ4n) is 2.94. The highest BCUT2D eigenvalue weighted by Gasteiger charge is 2.19. The second kappa shape index (κ2) is 9.12. The number of esters is 1. The van der Waals surface area contributed by atoms with Crippen molar-refractivity contribution in [1.82, 2.24) is 0 Å². The number of halogens is 1. The van der Waals surface area contributed by atoms with E-state index in [-0.39, 0.29) is 5.91 Å². The predicted octanol–water partition coefficient (Wildman–Crippen LogP) is 6.48. The van der Waals surface area contributed by atoms with Gasteiger partial charge in [0.25, 0.3) is 0 Å². The van der Waals surface area contributed by atoms with Crippen LogP contribution in [0.1, 0.15) is 22.2 Å². The van der Waals surface area contributed by atoms with Crippen molar-refractivity contribution in [3.63, 3.8) is 0 Å². The molecule has 0 saturated heterocycles. The van der Waals surface area contributed by atoms with E-state index in [4.69, 9.17) is 16.3 Å². The van der Waals surface area contributed by atoms with Crippen LogP contribution in [0.15, 0.2) is 77.8 Å². The third kappa shape index (κ3) is 4.99. The van der Waals surface area contributed by atoms with Crippen molar-refractivity contribution in [2.45, 2.75) is 6.92 Å². The Kier molecular flexibility index (Phi) is 6.11. The fourth-order valence-corrected chi connectivity index (χ4v) is 4.33. The Labute approximate surface area is 188 Å². The van der Waals surface area contributed by atoms with Gasteiger partial charge in [0, 0.05) is 28.9 Å². The summed E-state index contributed by atoms with van der Waals surface area (Å²) in [6.45, 7) is 1.46. The van der Waals surface area contributed by atoms with Crippen molar-refractivity contribution in [3.05, 3.63) is 88.3 Å². The maximum absolute atomic E-state index is 12.6. The number of amides is 1. The van der Waals surface area contributed by atoms with Gasteiger partial charge in [-0.05, 0) is 48.0 Å². The van der Waals surface area contributed by atoms with Gasteiger partial charge in [0.1, 0.15) is 10.6 Å². The third-order valence-corrected chi connectivity index (χ3v) is 5.99. The monoisotopic (exact) mass is 448 g/mol. The molecule has 0 atom stereocenters. The van der Waals surface area contributed by atoms with E-state index in [1.807, 2.05) is 30.3 Å². The van der Waals surface area contributed by atoms with Gasteiger partial charge in [-0.1, -0.05) is 41.9 Å². The quantitative estimate of drug-likeness (QED) is 0.216. The second-order valence-corrected chi connectivity index (χ2v) is 8.12. The molecule has 0 aliphatic heterocycles. The van der Waals surface area contributed by atoms with E-state index in [0.717, 1.165) is 21.3 Å². The molecule has 1 heterocycles. The second-order valence-electron chi connectivity index (χ2n) is 6.69. The molecule has 3 aromatic carbocycles. The minimum absolute atomic E-state index is 0.125. The standard InChI is InChI=1S/C24H17ClN2O3S/c1-15(28)27-18-11-9-17(10-12-18)26-14-16-5-4-6-19(13-16)30-24(29)23-22(25)20-7-2-3-8-21(20)31-23/h2-14H,1H3,(H,27,28). The number of carbonyl (C=O) groups excluding carboxylic acids is 2. The van der Waals surface area contributed by atoms with Crippen molar-refractivity contribution in [2.24, 2.45) is 4.99 Å². The molecule has 0 fully saturated rings. The lowest BCUT2D eigenvalue weighted by atomic mass is 10.2. The van der Waals surface area contributed by atoms with Crippen LogP contribution >= 0.6 is 22.9 Å². The number of hydrogen-bond acceptors (Lipinski definition) is 5. The summed E-state index contributed by atoms with van der Waals surface area (Å²) in [5, 5.41) is 3.96. The minimum Gasteiger partial charge on any atom is -0.422 e. The molecule has 0 radical (unpaired) electrons. The summed E-state index contributed by atoms with van der Waals surface area (Å²) < 4.78 is 6.48. The Morgan fingerprint density at radius 3 is 2.55 bits per heavy atom. The maximum Gasteiger partial charge on any atom is 0.355 e. The maximum atomic E-state index is 12.6. The molecule has 0 unspecified atom stereocenters. The third-order valence-electron chi connectivity index (χ3n) is 4.34. The Bertz CT molecular complexity index is 1300. The first-order valence-electron chi connectivity index (χ1n) is 9.40. The molecule has 7 heteroatoms. The Balaban J connectivity index is 1.47. The average Bonchev–Trinajstić information content (AvgIpc) is 3.10. The van der Waals surface area contributed by atoms with Crippen LogP contribution < -0.4 is 10.1 Å². The van der Waals surface area contributed by atoms with Crippen molar-refractivity contribution in [1.29, 1.82) is 0 Å². The normalized spacial score (nSPS) is 11.0. The van der Waals surface area contributed by atoms with E-state index in [0.29, 0.717) is 21.3 Å². The van der Waals surface area contributed by atoms with Crippen LogP contribution in [-0.2, 0) is 4.79 Å². The van der Waals surface area contributed by atoms with Gasteiger partial charge in [0.15, 0.2) is 0 Å². The molecule has 154 valence electrons. The molecule has 0 bridgehead atoms. The molecular formula is C24H17ClN2O3S. The van der Waals surface area contributed by atoms with E-state index in [1.165, 1.54) is 18.3 Å². The van der Waals surface area contributed by atoms with Crippen molar-refractivity contribution in [3.8, 4) is 5.75 Å². The fraction of sp³-hybridized carbons (Fsp3) is 0.0417. The molecule has 5 nitrogen and oxygen atoms in total. The number of thiophene rings is 1. The van der Waals surface area contributed by atoms with Crippen LogP contribution in [0.5, 0.6) is 5.75 Å². The molecule has 0 aliphatic rings. The van der Waals surface area contributed by atoms with Gasteiger partial charge in [0.2, 0.25) is 5.91 Å². The smallest absolute Gasteiger partial charge is 0.355 e. The summed E-state index contributed by atoms with van der Waals surface area (Å²) in [6.07, 6.45) is 1.68. The molecule has 0 aliphatic carbocycles. The number of aliphatic imine (C=N–C) groups is 1. The Morgan fingerprint density at radius 2 is 1.81 bits per heavy atom. The number of ether oxygens (including phenoxy) is 1. The number of carbonyl (C=O) groups is 2. The molecule has 4 rings (SSSR count). The number of fused-ring (bicyclic) bond motifs is 1. The number of hydrogen-bond donors (Lipinski definition) is 1. The van der Waals surface area contributed by atoms with E-state index >= 15 is 0 Å². The number of benzene rings is 3. The van der Waals surface area contributed by atoms with Crippen molar-refractivity contribution in [2.75, 3.05) is 5.32 Å². The predicted molar refractivity (Wildman–Crippen MR) is 126 cm³/mol. The first-order chi connectivity index (χ1) is 15.0. The molecule has 0 saturated carbocycles. The molecule has 1 amide bonds. The molecule has 4 aromatic rings. The number of nitrogens with zero attached hydrogens (tertiary/aromatic N) is 1. The summed E-state index contributed by atoms with van der Waals surface area (Å²) in [6, 6.07) is 21.8. The summed E-state index contributed by atoms with van der Waals surface area (Å²) in [5.74, 6) is -0.211. The highest BCUT2D eigenvalue weighted by molar-refractivity contribution is 7.21. The molecular weight excluding hydrogens is 432 g/mol. The highest BCUT2D eigenvalue weighted by Crippen LogP contribution is 2.35. The van der Waals surface area contributed by atoms with Crippen LogP contribution in [0.2, 0.25) is 5.02 Å². The van der Waals surface area contributed by atoms with E-state index < -0.39 is 5.97 Å². The zero-order valence-electron chi connectivity index (χ0n) is 16.5. The van der Waals surface area contributed by atoms with Crippen molar-refractivity contribution < 1.29 is 14.3 Å². The summed E-state index contributed by atoms with van der Waals surface area (Å²) >= 11 is 7.68. The number of anilines is 1. The summed E-state index contributed by atoms with van der Waals surface area (Å²) in [4.78, 5) is 28.5. The zero-order chi connectivity index (χ0) is 21.8. The van der Waals surface area contributed by atoms with Gasteiger partial charge < -0.3 is 10.1 Å². The topological polar surface area (TPSA) is 67.8 Å². The molecule has 1 N–H and O–H groups in total. The SMILES string of the molecule is CC(=O)Nc1ccc(N=Cc2cccc(OC(=O)c3sc4ccccc4c3Cl)c2)cc1. The minimum atomic E-state index is -0.492. The van der Waals surface area contributed by atoms with Crippen LogP contribution in [-0.4, -0.2) is 18.1 Å². The van der Waals surface area contributed by atoms with Crippen LogP contribution in [0.3, 0.4) is 0 Å². The van der Waals surface area contributed by atoms with Gasteiger partial charge in [-0.3, -0.25) is 9.79 Å². The summed E-state index contributed by atoms with van der Waals surface area (Å²) in [7, 11) is 0. The molecule has 1 aromatic heterocycles. The van der Waals surface area contributed by atoms with E-state index in [2.05, 4.69) is 10.3 Å². The van der Waals surface area contributed by atoms with E-state index in [1.54, 1.807) is 48.7 Å². The van der Waals surface area contributed by atoms with Crippen molar-refractivity contribution >= 4 is 62.5 Å². The zero-order valence-corrected chi connectivity index (χ0v) is 18.0. The molecule has 31 heavy (non-hydrogen) atoms. The molecule has 0 spiro atoms. The number of nitrogens with one attached hydrogen (secondary N) is 1. The highest BCUT2D eigenvalue weighted by atomic mass is 35.5. The van der Waals surface area contributed by atoms with Crippen LogP contribution in [0.4, 0.5) is 11.4 Å². The Hall–Kier alpha value is -3.48. The van der Waals surface area contributed by atoms with Crippen LogP contribution in [0.25, 0.3) is 10.1 Å². The van der Waals surface area contributed by atoms with Gasteiger partial charge >= 0.3 is 5.97 Å².